The molecule has 0 aliphatic heterocycles. The Morgan fingerprint density at radius 1 is 1.44 bits per heavy atom. The smallest absolute Gasteiger partial charge is 0.124 e. The summed E-state index contributed by atoms with van der Waals surface area (Å²) in [5, 5.41) is 0. The molecule has 1 heterocycles. The first-order chi connectivity index (χ1) is 8.61. The highest BCUT2D eigenvalue weighted by Gasteiger charge is 2.33. The standard InChI is InChI=1S/C14H16BrClN2/c1-14(5-2-6-14)9-18-12-4-3-10(15)7-11(12)17-13(18)8-16/h3-4,7H,2,5-6,8-9H2,1H3. The molecule has 1 aromatic heterocycles. The molecule has 0 bridgehead atoms. The Bertz CT molecular complexity index is 587. The molecule has 1 saturated carbocycles. The van der Waals surface area contributed by atoms with E-state index in [4.69, 9.17) is 11.6 Å². The van der Waals surface area contributed by atoms with Gasteiger partial charge in [0.2, 0.25) is 0 Å². The van der Waals surface area contributed by atoms with Gasteiger partial charge in [-0.3, -0.25) is 0 Å². The van der Waals surface area contributed by atoms with Crippen LogP contribution in [0.1, 0.15) is 32.0 Å². The Balaban J connectivity index is 2.07. The maximum absolute atomic E-state index is 6.04. The molecule has 2 aromatic rings. The van der Waals surface area contributed by atoms with E-state index in [1.165, 1.54) is 24.8 Å². The van der Waals surface area contributed by atoms with Gasteiger partial charge in [0.1, 0.15) is 5.82 Å². The van der Waals surface area contributed by atoms with E-state index in [1.807, 2.05) is 0 Å². The average molecular weight is 328 g/mol. The van der Waals surface area contributed by atoms with Gasteiger partial charge in [-0.25, -0.2) is 4.98 Å². The number of fused-ring (bicyclic) bond motifs is 1. The second kappa shape index (κ2) is 4.53. The number of hydrogen-bond acceptors (Lipinski definition) is 1. The summed E-state index contributed by atoms with van der Waals surface area (Å²) in [5.74, 6) is 1.46. The highest BCUT2D eigenvalue weighted by Crippen LogP contribution is 2.42. The molecule has 0 saturated heterocycles. The van der Waals surface area contributed by atoms with Gasteiger partial charge in [-0.1, -0.05) is 29.3 Å². The van der Waals surface area contributed by atoms with Crippen molar-refractivity contribution in [2.24, 2.45) is 5.41 Å². The molecule has 1 fully saturated rings. The molecular formula is C14H16BrClN2. The minimum absolute atomic E-state index is 0.432. The van der Waals surface area contributed by atoms with E-state index in [9.17, 15) is 0 Å². The van der Waals surface area contributed by atoms with Crippen LogP contribution in [0.2, 0.25) is 0 Å². The molecule has 96 valence electrons. The number of halogens is 2. The van der Waals surface area contributed by atoms with E-state index < -0.39 is 0 Å². The van der Waals surface area contributed by atoms with Crippen molar-refractivity contribution in [3.05, 3.63) is 28.5 Å². The van der Waals surface area contributed by atoms with Gasteiger partial charge in [-0.15, -0.1) is 11.6 Å². The largest absolute Gasteiger partial charge is 0.326 e. The number of aromatic nitrogens is 2. The monoisotopic (exact) mass is 326 g/mol. The van der Waals surface area contributed by atoms with Crippen LogP contribution in [0.5, 0.6) is 0 Å². The van der Waals surface area contributed by atoms with Crippen molar-refractivity contribution >= 4 is 38.6 Å². The van der Waals surface area contributed by atoms with E-state index >= 15 is 0 Å². The van der Waals surface area contributed by atoms with E-state index in [1.54, 1.807) is 0 Å². The zero-order valence-electron chi connectivity index (χ0n) is 10.4. The maximum atomic E-state index is 6.04. The van der Waals surface area contributed by atoms with Gasteiger partial charge in [0.25, 0.3) is 0 Å². The molecule has 0 unspecified atom stereocenters. The minimum Gasteiger partial charge on any atom is -0.326 e. The predicted molar refractivity (Wildman–Crippen MR) is 78.9 cm³/mol. The zero-order valence-corrected chi connectivity index (χ0v) is 12.8. The Morgan fingerprint density at radius 2 is 2.22 bits per heavy atom. The van der Waals surface area contributed by atoms with Crippen molar-refractivity contribution in [2.45, 2.75) is 38.6 Å². The zero-order chi connectivity index (χ0) is 12.8. The summed E-state index contributed by atoms with van der Waals surface area (Å²) in [6.07, 6.45) is 3.97. The van der Waals surface area contributed by atoms with Crippen LogP contribution in [0.25, 0.3) is 11.0 Å². The fraction of sp³-hybridized carbons (Fsp3) is 0.500. The van der Waals surface area contributed by atoms with Crippen LogP contribution in [-0.2, 0) is 12.4 Å². The molecule has 0 radical (unpaired) electrons. The number of imidazole rings is 1. The molecule has 1 aliphatic rings. The lowest BCUT2D eigenvalue weighted by atomic mass is 9.70. The van der Waals surface area contributed by atoms with Crippen molar-refractivity contribution in [2.75, 3.05) is 0 Å². The summed E-state index contributed by atoms with van der Waals surface area (Å²) in [5.41, 5.74) is 2.66. The third-order valence-corrected chi connectivity index (χ3v) is 4.74. The number of rotatable bonds is 3. The highest BCUT2D eigenvalue weighted by atomic mass is 79.9. The van der Waals surface area contributed by atoms with Crippen LogP contribution >= 0.6 is 27.5 Å². The summed E-state index contributed by atoms with van der Waals surface area (Å²) < 4.78 is 3.36. The second-order valence-electron chi connectivity index (χ2n) is 5.55. The topological polar surface area (TPSA) is 17.8 Å². The van der Waals surface area contributed by atoms with E-state index in [0.717, 1.165) is 22.4 Å². The Hall–Kier alpha value is -0.540. The predicted octanol–water partition coefficient (Wildman–Crippen LogP) is 4.73. The molecule has 0 spiro atoms. The SMILES string of the molecule is CC1(Cn2c(CCl)nc3cc(Br)ccc32)CCC1. The van der Waals surface area contributed by atoms with Gasteiger partial charge in [0, 0.05) is 11.0 Å². The van der Waals surface area contributed by atoms with Crippen LogP contribution in [0, 0.1) is 5.41 Å². The lowest BCUT2D eigenvalue weighted by Crippen LogP contribution is -2.31. The fourth-order valence-electron chi connectivity index (χ4n) is 2.75. The van der Waals surface area contributed by atoms with E-state index in [2.05, 4.69) is 50.6 Å². The molecule has 0 N–H and O–H groups in total. The van der Waals surface area contributed by atoms with Gasteiger partial charge in [0.15, 0.2) is 0 Å². The van der Waals surface area contributed by atoms with Crippen molar-refractivity contribution < 1.29 is 0 Å². The molecular weight excluding hydrogens is 312 g/mol. The van der Waals surface area contributed by atoms with Crippen LogP contribution in [0.15, 0.2) is 22.7 Å². The maximum Gasteiger partial charge on any atom is 0.124 e. The third kappa shape index (κ3) is 2.08. The quantitative estimate of drug-likeness (QED) is 0.745. The fourth-order valence-corrected chi connectivity index (χ4v) is 3.30. The first-order valence-corrected chi connectivity index (χ1v) is 7.65. The molecule has 1 aliphatic carbocycles. The minimum atomic E-state index is 0.432. The van der Waals surface area contributed by atoms with Crippen LogP contribution in [-0.4, -0.2) is 9.55 Å². The number of nitrogens with zero attached hydrogens (tertiary/aromatic N) is 2. The van der Waals surface area contributed by atoms with E-state index in [0.29, 0.717) is 11.3 Å². The second-order valence-corrected chi connectivity index (χ2v) is 6.73. The molecule has 0 atom stereocenters. The van der Waals surface area contributed by atoms with Gasteiger partial charge in [-0.2, -0.15) is 0 Å². The first-order valence-electron chi connectivity index (χ1n) is 6.32. The van der Waals surface area contributed by atoms with Crippen molar-refractivity contribution in [1.82, 2.24) is 9.55 Å². The summed E-state index contributed by atoms with van der Waals surface area (Å²) >= 11 is 9.53. The van der Waals surface area contributed by atoms with Crippen molar-refractivity contribution in [3.63, 3.8) is 0 Å². The Labute approximate surface area is 120 Å². The van der Waals surface area contributed by atoms with E-state index in [-0.39, 0.29) is 0 Å². The van der Waals surface area contributed by atoms with Crippen LogP contribution in [0.3, 0.4) is 0 Å². The van der Waals surface area contributed by atoms with Gasteiger partial charge in [0.05, 0.1) is 16.9 Å². The van der Waals surface area contributed by atoms with Crippen molar-refractivity contribution in [1.29, 1.82) is 0 Å². The Kier molecular flexibility index (Phi) is 3.15. The van der Waals surface area contributed by atoms with Crippen LogP contribution in [0.4, 0.5) is 0 Å². The highest BCUT2D eigenvalue weighted by molar-refractivity contribution is 9.10. The molecule has 18 heavy (non-hydrogen) atoms. The third-order valence-electron chi connectivity index (χ3n) is 4.01. The molecule has 4 heteroatoms. The summed E-state index contributed by atoms with van der Waals surface area (Å²) in [7, 11) is 0. The van der Waals surface area contributed by atoms with Crippen LogP contribution < -0.4 is 0 Å². The average Bonchev–Trinajstić information content (AvgIpc) is 2.64. The molecule has 0 amide bonds. The van der Waals surface area contributed by atoms with Gasteiger partial charge >= 0.3 is 0 Å². The lowest BCUT2D eigenvalue weighted by Gasteiger charge is -2.39. The number of alkyl halides is 1. The first kappa shape index (κ1) is 12.5. The Morgan fingerprint density at radius 3 is 2.83 bits per heavy atom. The summed E-state index contributed by atoms with van der Waals surface area (Å²) in [4.78, 5) is 4.64. The summed E-state index contributed by atoms with van der Waals surface area (Å²) in [6, 6.07) is 6.26. The number of hydrogen-bond donors (Lipinski definition) is 0. The molecule has 2 nitrogen and oxygen atoms in total. The number of benzene rings is 1. The molecule has 1 aromatic carbocycles. The van der Waals surface area contributed by atoms with Gasteiger partial charge in [-0.05, 0) is 36.5 Å². The van der Waals surface area contributed by atoms with Crippen molar-refractivity contribution in [3.8, 4) is 0 Å². The summed E-state index contributed by atoms with van der Waals surface area (Å²) in [6.45, 7) is 3.40. The van der Waals surface area contributed by atoms with Gasteiger partial charge < -0.3 is 4.57 Å². The lowest BCUT2D eigenvalue weighted by molar-refractivity contribution is 0.133. The normalized spacial score (nSPS) is 17.9. The molecule has 3 rings (SSSR count).